The molecule has 4 nitrogen and oxygen atoms in total. The van der Waals surface area contributed by atoms with Crippen molar-refractivity contribution >= 4 is 5.78 Å². The Balaban J connectivity index is 1.64. The van der Waals surface area contributed by atoms with Gasteiger partial charge in [0.25, 0.3) is 0 Å². The Kier molecular flexibility index (Phi) is 26.0. The standard InChI is InChI=1S/C45H79NO3/c1-5-7-9-11-13-15-17-19-21-23-25-27-29-31-33-35-45(48-43-38-41(39-44(43)49-45)37-42(47)40-46(3)4)36-34-32-30-28-26-24-22-20-18-16-14-12-10-8-6-2/h11-14,17-20,41,43-44H,5-10,15-16,21-40H2,1-4H3/b13-11-,14-12-,19-17-,20-18-/t41-,43-,44+. The molecule has 0 spiro atoms. The summed E-state index contributed by atoms with van der Waals surface area (Å²) in [6.07, 6.45) is 51.4. The molecule has 4 heteroatoms. The molecule has 0 unspecified atom stereocenters. The van der Waals surface area contributed by atoms with Gasteiger partial charge in [0.2, 0.25) is 0 Å². The van der Waals surface area contributed by atoms with E-state index in [0.717, 1.165) is 38.5 Å². The molecule has 282 valence electrons. The van der Waals surface area contributed by atoms with E-state index in [1.54, 1.807) is 0 Å². The summed E-state index contributed by atoms with van der Waals surface area (Å²) < 4.78 is 13.7. The van der Waals surface area contributed by atoms with Crippen molar-refractivity contribution in [2.45, 2.75) is 205 Å². The van der Waals surface area contributed by atoms with E-state index in [-0.39, 0.29) is 18.0 Å². The minimum absolute atomic E-state index is 0.178. The Labute approximate surface area is 304 Å². The molecular weight excluding hydrogens is 602 g/mol. The minimum atomic E-state index is -0.389. The molecule has 2 aliphatic rings. The molecule has 1 saturated carbocycles. The van der Waals surface area contributed by atoms with Crippen molar-refractivity contribution in [2.75, 3.05) is 20.6 Å². The Morgan fingerprint density at radius 1 is 0.571 bits per heavy atom. The number of hydrogen-bond donors (Lipinski definition) is 0. The Morgan fingerprint density at radius 2 is 0.959 bits per heavy atom. The fourth-order valence-corrected chi connectivity index (χ4v) is 7.54. The van der Waals surface area contributed by atoms with Crippen molar-refractivity contribution in [3.63, 3.8) is 0 Å². The molecule has 0 amide bonds. The lowest BCUT2D eigenvalue weighted by molar-refractivity contribution is -0.193. The first-order chi connectivity index (χ1) is 24.0. The summed E-state index contributed by atoms with van der Waals surface area (Å²) >= 11 is 0. The number of likely N-dealkylation sites (N-methyl/N-ethyl adjacent to an activating group) is 1. The lowest BCUT2D eigenvalue weighted by Crippen LogP contribution is -2.32. The average molecular weight is 682 g/mol. The van der Waals surface area contributed by atoms with Crippen molar-refractivity contribution in [1.82, 2.24) is 4.90 Å². The third-order valence-electron chi connectivity index (χ3n) is 10.3. The van der Waals surface area contributed by atoms with Crippen LogP contribution in [0.2, 0.25) is 0 Å². The highest BCUT2D eigenvalue weighted by Crippen LogP contribution is 2.46. The van der Waals surface area contributed by atoms with Gasteiger partial charge in [-0.05, 0) is 97.1 Å². The molecule has 2 fully saturated rings. The van der Waals surface area contributed by atoms with Crippen molar-refractivity contribution < 1.29 is 14.3 Å². The van der Waals surface area contributed by atoms with E-state index in [9.17, 15) is 4.79 Å². The quantitative estimate of drug-likeness (QED) is 0.0523. The number of rotatable bonds is 32. The van der Waals surface area contributed by atoms with Crippen LogP contribution in [0.25, 0.3) is 0 Å². The van der Waals surface area contributed by atoms with Crippen molar-refractivity contribution in [2.24, 2.45) is 5.92 Å². The van der Waals surface area contributed by atoms with Crippen LogP contribution >= 0.6 is 0 Å². The van der Waals surface area contributed by atoms with Crippen molar-refractivity contribution in [3.05, 3.63) is 48.6 Å². The van der Waals surface area contributed by atoms with Crippen LogP contribution in [0.3, 0.4) is 0 Å². The van der Waals surface area contributed by atoms with Gasteiger partial charge in [0, 0.05) is 19.3 Å². The highest BCUT2D eigenvalue weighted by molar-refractivity contribution is 5.80. The fourth-order valence-electron chi connectivity index (χ4n) is 7.54. The molecule has 0 aromatic carbocycles. The van der Waals surface area contributed by atoms with Crippen LogP contribution in [-0.4, -0.2) is 49.3 Å². The molecule has 3 atom stereocenters. The Hall–Kier alpha value is -1.49. The van der Waals surface area contributed by atoms with Gasteiger partial charge >= 0.3 is 0 Å². The molecule has 0 aromatic heterocycles. The van der Waals surface area contributed by atoms with Crippen LogP contribution in [0, 0.1) is 5.92 Å². The first-order valence-electron chi connectivity index (χ1n) is 21.1. The number of ketones is 1. The van der Waals surface area contributed by atoms with Crippen LogP contribution < -0.4 is 0 Å². The predicted molar refractivity (Wildman–Crippen MR) is 212 cm³/mol. The normalized spacial score (nSPS) is 20.7. The van der Waals surface area contributed by atoms with Gasteiger partial charge in [0.1, 0.15) is 5.78 Å². The van der Waals surface area contributed by atoms with Crippen molar-refractivity contribution in [1.29, 1.82) is 0 Å². The Morgan fingerprint density at radius 3 is 1.37 bits per heavy atom. The molecule has 1 aliphatic heterocycles. The van der Waals surface area contributed by atoms with E-state index in [1.807, 2.05) is 19.0 Å². The number of ether oxygens (including phenoxy) is 2. The molecule has 49 heavy (non-hydrogen) atoms. The van der Waals surface area contributed by atoms with E-state index in [1.165, 1.54) is 128 Å². The minimum Gasteiger partial charge on any atom is -0.344 e. The molecular formula is C45H79NO3. The van der Waals surface area contributed by atoms with Gasteiger partial charge in [-0.1, -0.05) is 140 Å². The molecule has 1 heterocycles. The largest absolute Gasteiger partial charge is 0.344 e. The third kappa shape index (κ3) is 22.1. The molecule has 0 N–H and O–H groups in total. The summed E-state index contributed by atoms with van der Waals surface area (Å²) in [7, 11) is 3.95. The average Bonchev–Trinajstić information content (AvgIpc) is 3.59. The monoisotopic (exact) mass is 682 g/mol. The summed E-state index contributed by atoms with van der Waals surface area (Å²) in [5, 5.41) is 0. The number of allylic oxidation sites excluding steroid dienone is 8. The van der Waals surface area contributed by atoms with Gasteiger partial charge in [0.05, 0.1) is 18.8 Å². The van der Waals surface area contributed by atoms with Gasteiger partial charge in [0.15, 0.2) is 5.79 Å². The van der Waals surface area contributed by atoms with E-state index in [4.69, 9.17) is 9.47 Å². The fraction of sp³-hybridized carbons (Fsp3) is 0.800. The first kappa shape index (κ1) is 43.7. The highest BCUT2D eigenvalue weighted by atomic mass is 16.8. The summed E-state index contributed by atoms with van der Waals surface area (Å²) in [6.45, 7) is 5.04. The number of unbranched alkanes of at least 4 members (excludes halogenated alkanes) is 16. The van der Waals surface area contributed by atoms with Crippen LogP contribution in [-0.2, 0) is 14.3 Å². The van der Waals surface area contributed by atoms with Crippen LogP contribution in [0.1, 0.15) is 187 Å². The Bertz CT molecular complexity index is 856. The van der Waals surface area contributed by atoms with Crippen LogP contribution in [0.5, 0.6) is 0 Å². The van der Waals surface area contributed by atoms with Gasteiger partial charge in [-0.15, -0.1) is 0 Å². The van der Waals surface area contributed by atoms with Crippen molar-refractivity contribution in [3.8, 4) is 0 Å². The summed E-state index contributed by atoms with van der Waals surface area (Å²) in [5.41, 5.74) is 0. The SMILES string of the molecule is CCCC/C=C\C/C=C\CCCCCCCCC1(CCCCCCCC/C=C\C/C=C\CCCC)O[C@H]2C[C@H](CC(=O)CN(C)C)C[C@H]2O1. The highest BCUT2D eigenvalue weighted by Gasteiger charge is 2.51. The van der Waals surface area contributed by atoms with E-state index >= 15 is 0 Å². The molecule has 1 saturated heterocycles. The summed E-state index contributed by atoms with van der Waals surface area (Å²) in [4.78, 5) is 14.4. The molecule has 0 bridgehead atoms. The van der Waals surface area contributed by atoms with Gasteiger partial charge < -0.3 is 14.4 Å². The van der Waals surface area contributed by atoms with Gasteiger partial charge in [-0.25, -0.2) is 0 Å². The van der Waals surface area contributed by atoms with Crippen LogP contribution in [0.4, 0.5) is 0 Å². The molecule has 0 radical (unpaired) electrons. The van der Waals surface area contributed by atoms with Gasteiger partial charge in [-0.3, -0.25) is 4.79 Å². The second kappa shape index (κ2) is 29.1. The zero-order valence-electron chi connectivity index (χ0n) is 32.8. The second-order valence-electron chi connectivity index (χ2n) is 15.5. The van der Waals surface area contributed by atoms with E-state index in [2.05, 4.69) is 62.5 Å². The number of nitrogens with zero attached hydrogens (tertiary/aromatic N) is 1. The lowest BCUT2D eigenvalue weighted by Gasteiger charge is -2.30. The first-order valence-corrected chi connectivity index (χ1v) is 21.1. The third-order valence-corrected chi connectivity index (χ3v) is 10.3. The number of carbonyl (C=O) groups is 1. The number of carbonyl (C=O) groups excluding carboxylic acids is 1. The second-order valence-corrected chi connectivity index (χ2v) is 15.5. The summed E-state index contributed by atoms with van der Waals surface area (Å²) in [6, 6.07) is 0. The smallest absolute Gasteiger partial charge is 0.169 e. The number of Topliss-reactive ketones (excluding diaryl/α,β-unsaturated/α-hetero) is 1. The summed E-state index contributed by atoms with van der Waals surface area (Å²) in [5.74, 6) is 0.368. The number of fused-ring (bicyclic) bond motifs is 1. The van der Waals surface area contributed by atoms with E-state index < -0.39 is 0 Å². The number of hydrogen-bond acceptors (Lipinski definition) is 4. The zero-order valence-corrected chi connectivity index (χ0v) is 32.8. The topological polar surface area (TPSA) is 38.8 Å². The maximum absolute atomic E-state index is 12.5. The lowest BCUT2D eigenvalue weighted by atomic mass is 9.97. The zero-order chi connectivity index (χ0) is 35.3. The maximum atomic E-state index is 12.5. The molecule has 2 rings (SSSR count). The van der Waals surface area contributed by atoms with E-state index in [0.29, 0.717) is 24.7 Å². The maximum Gasteiger partial charge on any atom is 0.169 e. The van der Waals surface area contributed by atoms with Crippen LogP contribution in [0.15, 0.2) is 48.6 Å². The van der Waals surface area contributed by atoms with Gasteiger partial charge in [-0.2, -0.15) is 0 Å². The predicted octanol–water partition coefficient (Wildman–Crippen LogP) is 13.0. The molecule has 1 aliphatic carbocycles. The molecule has 0 aromatic rings.